The molecule has 10 heteroatoms. The van der Waals surface area contributed by atoms with E-state index in [-0.39, 0.29) is 18.4 Å². The molecule has 0 radical (unpaired) electrons. The molecular formula is C30H27ClN6O2S. The zero-order valence-corrected chi connectivity index (χ0v) is 23.7. The lowest BCUT2D eigenvalue weighted by Gasteiger charge is -2.30. The van der Waals surface area contributed by atoms with Crippen LogP contribution in [0.25, 0.3) is 5.00 Å². The molecule has 1 fully saturated rings. The number of aliphatic imine (C=N–C) groups is 1. The van der Waals surface area contributed by atoms with Crippen LogP contribution in [0.3, 0.4) is 0 Å². The molecule has 3 aromatic heterocycles. The molecule has 5 heterocycles. The van der Waals surface area contributed by atoms with E-state index in [1.807, 2.05) is 52.8 Å². The molecule has 2 aliphatic rings. The van der Waals surface area contributed by atoms with Crippen LogP contribution in [0.4, 0.5) is 0 Å². The fourth-order valence-corrected chi connectivity index (χ4v) is 6.46. The van der Waals surface area contributed by atoms with Crippen LogP contribution in [0.5, 0.6) is 0 Å². The standard InChI is InChI=1S/C30H27ClN6O2S/c1-18-25(10-5-20-4-3-13-32-17-20)40-30-27(18)28(21-6-8-22(31)9-7-21)33-24(29-35-34-19(2)37(29)30)16-26(39)36-14-11-23(38)12-15-36/h3-4,6-9,13,17,23-24,38H,11-12,14-16H2,1-2H3/t24-/m0/s1. The number of likely N-dealkylation sites (tertiary alicyclic amines) is 1. The average molecular weight is 571 g/mol. The number of aryl methyl sites for hydroxylation is 1. The summed E-state index contributed by atoms with van der Waals surface area (Å²) in [6, 6.07) is 10.9. The van der Waals surface area contributed by atoms with E-state index in [2.05, 4.69) is 33.9 Å². The second-order valence-corrected chi connectivity index (χ2v) is 11.4. The van der Waals surface area contributed by atoms with Gasteiger partial charge >= 0.3 is 0 Å². The molecule has 8 nitrogen and oxygen atoms in total. The number of thiophene rings is 1. The predicted molar refractivity (Wildman–Crippen MR) is 155 cm³/mol. The Morgan fingerprint density at radius 1 is 1.12 bits per heavy atom. The van der Waals surface area contributed by atoms with Gasteiger partial charge in [0.15, 0.2) is 5.82 Å². The van der Waals surface area contributed by atoms with E-state index in [1.165, 1.54) is 0 Å². The van der Waals surface area contributed by atoms with Crippen molar-refractivity contribution in [2.45, 2.75) is 45.3 Å². The number of aliphatic hydroxyl groups excluding tert-OH is 1. The van der Waals surface area contributed by atoms with Gasteiger partial charge in [-0.3, -0.25) is 19.3 Å². The highest BCUT2D eigenvalue weighted by Gasteiger charge is 2.34. The Balaban J connectivity index is 1.48. The molecule has 1 saturated heterocycles. The summed E-state index contributed by atoms with van der Waals surface area (Å²) in [5.41, 5.74) is 4.45. The first-order valence-electron chi connectivity index (χ1n) is 13.2. The van der Waals surface area contributed by atoms with Gasteiger partial charge in [-0.15, -0.1) is 21.5 Å². The Morgan fingerprint density at radius 2 is 1.90 bits per heavy atom. The van der Waals surface area contributed by atoms with E-state index in [4.69, 9.17) is 16.6 Å². The first kappa shape index (κ1) is 26.4. The Bertz CT molecular complexity index is 1660. The summed E-state index contributed by atoms with van der Waals surface area (Å²) < 4.78 is 2.02. The van der Waals surface area contributed by atoms with Crippen molar-refractivity contribution >= 4 is 34.6 Å². The van der Waals surface area contributed by atoms with Gasteiger partial charge in [0.1, 0.15) is 16.9 Å². The van der Waals surface area contributed by atoms with Gasteiger partial charge in [-0.1, -0.05) is 35.6 Å². The van der Waals surface area contributed by atoms with Crippen LogP contribution >= 0.6 is 22.9 Å². The van der Waals surface area contributed by atoms with E-state index in [9.17, 15) is 9.90 Å². The molecule has 1 amide bonds. The topological polar surface area (TPSA) is 96.5 Å². The number of carbonyl (C=O) groups is 1. The Morgan fingerprint density at radius 3 is 2.62 bits per heavy atom. The Hall–Kier alpha value is -3.84. The second kappa shape index (κ2) is 11.0. The summed E-state index contributed by atoms with van der Waals surface area (Å²) in [4.78, 5) is 25.5. The summed E-state index contributed by atoms with van der Waals surface area (Å²) in [5.74, 6) is 7.90. The number of amides is 1. The largest absolute Gasteiger partial charge is 0.393 e. The maximum Gasteiger partial charge on any atom is 0.225 e. The monoisotopic (exact) mass is 570 g/mol. The van der Waals surface area contributed by atoms with Crippen LogP contribution in [-0.2, 0) is 4.79 Å². The van der Waals surface area contributed by atoms with Crippen LogP contribution in [0.2, 0.25) is 5.02 Å². The van der Waals surface area contributed by atoms with E-state index in [1.54, 1.807) is 23.7 Å². The summed E-state index contributed by atoms with van der Waals surface area (Å²) >= 11 is 7.80. The third-order valence-electron chi connectivity index (χ3n) is 7.29. The lowest BCUT2D eigenvalue weighted by Crippen LogP contribution is -2.40. The normalized spacial score (nSPS) is 16.9. The van der Waals surface area contributed by atoms with E-state index >= 15 is 0 Å². The fourth-order valence-electron chi connectivity index (χ4n) is 5.12. The van der Waals surface area contributed by atoms with Crippen LogP contribution in [0, 0.1) is 25.7 Å². The predicted octanol–water partition coefficient (Wildman–Crippen LogP) is 4.66. The van der Waals surface area contributed by atoms with E-state index in [0.717, 1.165) is 43.7 Å². The molecule has 2 aliphatic heterocycles. The van der Waals surface area contributed by atoms with Gasteiger partial charge < -0.3 is 10.0 Å². The van der Waals surface area contributed by atoms with Crippen molar-refractivity contribution in [3.05, 3.63) is 92.6 Å². The Labute approximate surface area is 241 Å². The summed E-state index contributed by atoms with van der Waals surface area (Å²) in [6.07, 6.45) is 4.46. The maximum absolute atomic E-state index is 13.4. The number of aliphatic hydroxyl groups is 1. The molecular weight excluding hydrogens is 544 g/mol. The number of aromatic nitrogens is 4. The molecule has 202 valence electrons. The number of fused-ring (bicyclic) bond motifs is 3. The molecule has 4 aromatic rings. The van der Waals surface area contributed by atoms with Crippen molar-refractivity contribution in [1.29, 1.82) is 0 Å². The number of halogens is 1. The summed E-state index contributed by atoms with van der Waals surface area (Å²) in [6.45, 7) is 5.04. The van der Waals surface area contributed by atoms with Gasteiger partial charge in [-0.25, -0.2) is 0 Å². The van der Waals surface area contributed by atoms with Gasteiger partial charge in [0, 0.05) is 47.2 Å². The molecule has 1 atom stereocenters. The minimum absolute atomic E-state index is 0.00619. The number of nitrogens with zero attached hydrogens (tertiary/aromatic N) is 6. The van der Waals surface area contributed by atoms with E-state index < -0.39 is 6.04 Å². The van der Waals surface area contributed by atoms with Crippen molar-refractivity contribution in [3.63, 3.8) is 0 Å². The van der Waals surface area contributed by atoms with Crippen LogP contribution in [-0.4, -0.2) is 60.6 Å². The maximum atomic E-state index is 13.4. The minimum atomic E-state index is -0.532. The first-order valence-corrected chi connectivity index (χ1v) is 14.4. The number of benzene rings is 1. The summed E-state index contributed by atoms with van der Waals surface area (Å²) in [5, 5.41) is 20.4. The molecule has 40 heavy (non-hydrogen) atoms. The third kappa shape index (κ3) is 5.06. The van der Waals surface area contributed by atoms with Gasteiger partial charge in [0.25, 0.3) is 0 Å². The lowest BCUT2D eigenvalue weighted by molar-refractivity contribution is -0.133. The zero-order valence-electron chi connectivity index (χ0n) is 22.1. The Kier molecular flexibility index (Phi) is 7.24. The van der Waals surface area contributed by atoms with Gasteiger partial charge in [-0.2, -0.15) is 0 Å². The number of hydrogen-bond acceptors (Lipinski definition) is 7. The van der Waals surface area contributed by atoms with Crippen molar-refractivity contribution in [2.24, 2.45) is 4.99 Å². The number of piperidine rings is 1. The highest BCUT2D eigenvalue weighted by Crippen LogP contribution is 2.40. The lowest BCUT2D eigenvalue weighted by atomic mass is 9.99. The van der Waals surface area contributed by atoms with Crippen molar-refractivity contribution in [3.8, 4) is 16.8 Å². The molecule has 0 spiro atoms. The quantitative estimate of drug-likeness (QED) is 0.361. The van der Waals surface area contributed by atoms with E-state index in [0.29, 0.717) is 36.8 Å². The molecule has 0 saturated carbocycles. The second-order valence-electron chi connectivity index (χ2n) is 9.99. The van der Waals surface area contributed by atoms with Crippen molar-refractivity contribution in [1.82, 2.24) is 24.6 Å². The highest BCUT2D eigenvalue weighted by atomic mass is 35.5. The fraction of sp³-hybridized carbons (Fsp3) is 0.300. The highest BCUT2D eigenvalue weighted by molar-refractivity contribution is 7.15. The molecule has 0 aliphatic carbocycles. The molecule has 0 unspecified atom stereocenters. The molecule has 0 bridgehead atoms. The number of pyridine rings is 1. The average Bonchev–Trinajstić information content (AvgIpc) is 3.46. The SMILES string of the molecule is Cc1c(C#Cc2cccnc2)sc2c1C(c1ccc(Cl)cc1)=N[C@@H](CC(=O)N1CCC(O)CC1)c1nnc(C)n1-2. The van der Waals surface area contributed by atoms with Crippen LogP contribution in [0.1, 0.15) is 64.1 Å². The van der Waals surface area contributed by atoms with Gasteiger partial charge in [0.05, 0.1) is 23.1 Å². The number of hydrogen-bond donors (Lipinski definition) is 1. The molecule has 1 aromatic carbocycles. The molecule has 1 N–H and O–H groups in total. The van der Waals surface area contributed by atoms with Crippen LogP contribution < -0.4 is 0 Å². The molecule has 6 rings (SSSR count). The van der Waals surface area contributed by atoms with Crippen LogP contribution in [0.15, 0.2) is 53.8 Å². The number of carbonyl (C=O) groups excluding carboxylic acids is 1. The van der Waals surface area contributed by atoms with Crippen molar-refractivity contribution < 1.29 is 9.90 Å². The minimum Gasteiger partial charge on any atom is -0.393 e. The summed E-state index contributed by atoms with van der Waals surface area (Å²) in [7, 11) is 0. The number of rotatable bonds is 3. The first-order chi connectivity index (χ1) is 19.4. The smallest absolute Gasteiger partial charge is 0.225 e. The van der Waals surface area contributed by atoms with Gasteiger partial charge in [0.2, 0.25) is 5.91 Å². The third-order valence-corrected chi connectivity index (χ3v) is 8.73. The van der Waals surface area contributed by atoms with Crippen molar-refractivity contribution in [2.75, 3.05) is 13.1 Å². The van der Waals surface area contributed by atoms with Gasteiger partial charge in [-0.05, 0) is 56.5 Å². The zero-order chi connectivity index (χ0) is 27.8.